The van der Waals surface area contributed by atoms with Crippen LogP contribution in [-0.2, 0) is 6.42 Å². The van der Waals surface area contributed by atoms with Crippen LogP contribution in [0.15, 0.2) is 48.8 Å². The Morgan fingerprint density at radius 2 is 2.14 bits per heavy atom. The second-order valence-electron chi connectivity index (χ2n) is 5.29. The Bertz CT molecular complexity index is 794. The molecule has 1 aliphatic heterocycles. The quantitative estimate of drug-likeness (QED) is 0.801. The van der Waals surface area contributed by atoms with E-state index in [9.17, 15) is 0 Å². The van der Waals surface area contributed by atoms with Crippen molar-refractivity contribution in [1.82, 2.24) is 14.9 Å². The zero-order chi connectivity index (χ0) is 14.2. The summed E-state index contributed by atoms with van der Waals surface area (Å²) in [5.74, 6) is 1.03. The maximum atomic E-state index is 5.86. The third-order valence-electron chi connectivity index (χ3n) is 4.11. The number of benzene rings is 1. The van der Waals surface area contributed by atoms with E-state index < -0.39 is 0 Å². The summed E-state index contributed by atoms with van der Waals surface area (Å²) in [5.41, 5.74) is 4.77. The Balaban J connectivity index is 1.88. The minimum atomic E-state index is 0.0814. The van der Waals surface area contributed by atoms with Gasteiger partial charge in [0.05, 0.1) is 24.4 Å². The van der Waals surface area contributed by atoms with Gasteiger partial charge in [0.15, 0.2) is 0 Å². The monoisotopic (exact) mass is 279 g/mol. The van der Waals surface area contributed by atoms with Crippen LogP contribution in [0.1, 0.15) is 22.7 Å². The van der Waals surface area contributed by atoms with Crippen LogP contribution < -0.4 is 10.1 Å². The SMILES string of the molecule is CNC(c1cccc2c1OCC2)c1cnn2ccccc12. The molecular formula is C17H17N3O. The van der Waals surface area contributed by atoms with Crippen molar-refractivity contribution in [3.8, 4) is 5.75 Å². The molecule has 0 saturated carbocycles. The van der Waals surface area contributed by atoms with E-state index >= 15 is 0 Å². The summed E-state index contributed by atoms with van der Waals surface area (Å²) in [6.45, 7) is 0.775. The number of hydrogen-bond acceptors (Lipinski definition) is 3. The Morgan fingerprint density at radius 3 is 3.05 bits per heavy atom. The summed E-state index contributed by atoms with van der Waals surface area (Å²) in [7, 11) is 1.98. The van der Waals surface area contributed by atoms with Crippen LogP contribution in [0.5, 0.6) is 5.75 Å². The van der Waals surface area contributed by atoms with Crippen LogP contribution in [0.4, 0.5) is 0 Å². The lowest BCUT2D eigenvalue weighted by atomic mass is 9.97. The average Bonchev–Trinajstić information content (AvgIpc) is 3.15. The smallest absolute Gasteiger partial charge is 0.127 e. The Kier molecular flexibility index (Phi) is 2.89. The highest BCUT2D eigenvalue weighted by molar-refractivity contribution is 5.59. The topological polar surface area (TPSA) is 38.6 Å². The third-order valence-corrected chi connectivity index (χ3v) is 4.11. The number of ether oxygens (including phenoxy) is 1. The van der Waals surface area contributed by atoms with E-state index in [0.29, 0.717) is 0 Å². The summed E-state index contributed by atoms with van der Waals surface area (Å²) < 4.78 is 7.76. The van der Waals surface area contributed by atoms with E-state index in [1.165, 1.54) is 16.7 Å². The van der Waals surface area contributed by atoms with Gasteiger partial charge < -0.3 is 10.1 Å². The van der Waals surface area contributed by atoms with Gasteiger partial charge in [-0.05, 0) is 24.7 Å². The molecule has 0 spiro atoms. The average molecular weight is 279 g/mol. The normalized spacial score (nSPS) is 14.9. The number of nitrogens with one attached hydrogen (secondary N) is 1. The van der Waals surface area contributed by atoms with Crippen molar-refractivity contribution in [3.63, 3.8) is 0 Å². The summed E-state index contributed by atoms with van der Waals surface area (Å²) in [6, 6.07) is 12.6. The van der Waals surface area contributed by atoms with E-state index in [4.69, 9.17) is 4.74 Å². The van der Waals surface area contributed by atoms with Crippen molar-refractivity contribution >= 4 is 5.52 Å². The van der Waals surface area contributed by atoms with Crippen molar-refractivity contribution in [2.75, 3.05) is 13.7 Å². The first-order valence-corrected chi connectivity index (χ1v) is 7.22. The molecule has 1 unspecified atom stereocenters. The van der Waals surface area contributed by atoms with Crippen molar-refractivity contribution in [2.24, 2.45) is 0 Å². The lowest BCUT2D eigenvalue weighted by molar-refractivity contribution is 0.351. The van der Waals surface area contributed by atoms with Gasteiger partial charge in [-0.2, -0.15) is 5.10 Å². The fraction of sp³-hybridized carbons (Fsp3) is 0.235. The van der Waals surface area contributed by atoms with E-state index in [1.807, 2.05) is 36.1 Å². The van der Waals surface area contributed by atoms with Crippen LogP contribution in [0.2, 0.25) is 0 Å². The van der Waals surface area contributed by atoms with Gasteiger partial charge in [0, 0.05) is 23.7 Å². The molecular weight excluding hydrogens is 262 g/mol. The zero-order valence-electron chi connectivity index (χ0n) is 11.9. The van der Waals surface area contributed by atoms with Crippen molar-refractivity contribution in [3.05, 3.63) is 65.5 Å². The summed E-state index contributed by atoms with van der Waals surface area (Å²) in [6.07, 6.45) is 4.90. The lowest BCUT2D eigenvalue weighted by Gasteiger charge is -2.18. The van der Waals surface area contributed by atoms with Crippen molar-refractivity contribution < 1.29 is 4.74 Å². The van der Waals surface area contributed by atoms with E-state index in [-0.39, 0.29) is 6.04 Å². The van der Waals surface area contributed by atoms with Gasteiger partial charge in [0.25, 0.3) is 0 Å². The number of rotatable bonds is 3. The van der Waals surface area contributed by atoms with Gasteiger partial charge in [0.1, 0.15) is 5.75 Å². The standard InChI is InChI=1S/C17H17N3O/c1-18-16(13-6-4-5-12-8-10-21-17(12)13)14-11-19-20-9-3-2-7-15(14)20/h2-7,9,11,16,18H,8,10H2,1H3. The largest absolute Gasteiger partial charge is 0.493 e. The molecule has 1 aromatic carbocycles. The molecule has 1 aliphatic rings. The number of pyridine rings is 1. The Labute approximate surface area is 123 Å². The number of nitrogens with zero attached hydrogens (tertiary/aromatic N) is 2. The molecule has 0 radical (unpaired) electrons. The second kappa shape index (κ2) is 4.90. The molecule has 0 bridgehead atoms. The minimum Gasteiger partial charge on any atom is -0.493 e. The predicted molar refractivity (Wildman–Crippen MR) is 81.7 cm³/mol. The number of aromatic nitrogens is 2. The first kappa shape index (κ1) is 12.4. The van der Waals surface area contributed by atoms with Gasteiger partial charge in [-0.15, -0.1) is 0 Å². The molecule has 2 aromatic heterocycles. The molecule has 0 amide bonds. The molecule has 21 heavy (non-hydrogen) atoms. The molecule has 3 aromatic rings. The Hall–Kier alpha value is -2.33. The van der Waals surface area contributed by atoms with Crippen LogP contribution in [0.3, 0.4) is 0 Å². The summed E-state index contributed by atoms with van der Waals surface area (Å²) >= 11 is 0. The molecule has 106 valence electrons. The number of para-hydroxylation sites is 1. The lowest BCUT2D eigenvalue weighted by Crippen LogP contribution is -2.18. The van der Waals surface area contributed by atoms with Crippen LogP contribution in [0, 0.1) is 0 Å². The van der Waals surface area contributed by atoms with Crippen LogP contribution >= 0.6 is 0 Å². The highest BCUT2D eigenvalue weighted by Gasteiger charge is 2.24. The van der Waals surface area contributed by atoms with Crippen molar-refractivity contribution in [1.29, 1.82) is 0 Å². The first-order valence-electron chi connectivity index (χ1n) is 7.22. The summed E-state index contributed by atoms with van der Waals surface area (Å²) in [4.78, 5) is 0. The highest BCUT2D eigenvalue weighted by Crippen LogP contribution is 2.36. The molecule has 1 atom stereocenters. The molecule has 1 N–H and O–H groups in total. The predicted octanol–water partition coefficient (Wildman–Crippen LogP) is 2.58. The van der Waals surface area contributed by atoms with Crippen LogP contribution in [0.25, 0.3) is 5.52 Å². The molecule has 4 rings (SSSR count). The van der Waals surface area contributed by atoms with Crippen LogP contribution in [-0.4, -0.2) is 23.3 Å². The molecule has 0 saturated heterocycles. The van der Waals surface area contributed by atoms with E-state index in [0.717, 1.165) is 24.3 Å². The van der Waals surface area contributed by atoms with Gasteiger partial charge in [0.2, 0.25) is 0 Å². The Morgan fingerprint density at radius 1 is 1.19 bits per heavy atom. The summed E-state index contributed by atoms with van der Waals surface area (Å²) in [5, 5.41) is 7.85. The first-order chi connectivity index (χ1) is 10.4. The van der Waals surface area contributed by atoms with Gasteiger partial charge in [-0.3, -0.25) is 0 Å². The van der Waals surface area contributed by atoms with E-state index in [2.05, 4.69) is 34.7 Å². The maximum absolute atomic E-state index is 5.86. The highest BCUT2D eigenvalue weighted by atomic mass is 16.5. The third kappa shape index (κ3) is 1.91. The molecule has 4 nitrogen and oxygen atoms in total. The fourth-order valence-corrected chi connectivity index (χ4v) is 3.12. The molecule has 0 fully saturated rings. The van der Waals surface area contributed by atoms with Crippen molar-refractivity contribution in [2.45, 2.75) is 12.5 Å². The minimum absolute atomic E-state index is 0.0814. The molecule has 4 heteroatoms. The van der Waals surface area contributed by atoms with Gasteiger partial charge >= 0.3 is 0 Å². The molecule has 0 aliphatic carbocycles. The number of fused-ring (bicyclic) bond motifs is 2. The maximum Gasteiger partial charge on any atom is 0.127 e. The zero-order valence-corrected chi connectivity index (χ0v) is 11.9. The number of hydrogen-bond donors (Lipinski definition) is 1. The second-order valence-corrected chi connectivity index (χ2v) is 5.29. The fourth-order valence-electron chi connectivity index (χ4n) is 3.12. The molecule has 3 heterocycles. The van der Waals surface area contributed by atoms with E-state index in [1.54, 1.807) is 0 Å². The van der Waals surface area contributed by atoms with Gasteiger partial charge in [-0.25, -0.2) is 4.52 Å². The van der Waals surface area contributed by atoms with Gasteiger partial charge in [-0.1, -0.05) is 24.3 Å².